The van der Waals surface area contributed by atoms with Crippen molar-refractivity contribution in [1.82, 2.24) is 4.98 Å². The second-order valence-corrected chi connectivity index (χ2v) is 3.87. The highest BCUT2D eigenvalue weighted by Gasteiger charge is 2.13. The number of nitrogen functional groups attached to an aromatic ring is 1. The summed E-state index contributed by atoms with van der Waals surface area (Å²) in [6, 6.07) is 8.70. The van der Waals surface area contributed by atoms with Gasteiger partial charge in [0, 0.05) is 11.8 Å². The lowest BCUT2D eigenvalue weighted by atomic mass is 10.2. The molecule has 4 N–H and O–H groups in total. The summed E-state index contributed by atoms with van der Waals surface area (Å²) in [5.41, 5.74) is 5.79. The van der Waals surface area contributed by atoms with E-state index in [9.17, 15) is 14.9 Å². The maximum Gasteiger partial charge on any atom is 0.335 e. The first-order valence-electron chi connectivity index (χ1n) is 5.48. The quantitative estimate of drug-likeness (QED) is 0.573. The van der Waals surface area contributed by atoms with E-state index in [0.717, 1.165) is 0 Å². The van der Waals surface area contributed by atoms with Crippen LogP contribution in [0, 0.1) is 10.1 Å². The summed E-state index contributed by atoms with van der Waals surface area (Å²) in [4.78, 5) is 24.7. The molecule has 0 bridgehead atoms. The lowest BCUT2D eigenvalue weighted by molar-refractivity contribution is -0.384. The summed E-state index contributed by atoms with van der Waals surface area (Å²) < 4.78 is 0. The number of carbonyl (C=O) groups is 1. The average Bonchev–Trinajstić information content (AvgIpc) is 2.38. The second-order valence-electron chi connectivity index (χ2n) is 3.87. The lowest BCUT2D eigenvalue weighted by Crippen LogP contribution is -2.02. The third-order valence-electron chi connectivity index (χ3n) is 2.48. The van der Waals surface area contributed by atoms with Crippen molar-refractivity contribution in [2.45, 2.75) is 0 Å². The number of nitrogens with two attached hydrogens (primary N) is 1. The molecular weight excluding hydrogens is 264 g/mol. The smallest absolute Gasteiger partial charge is 0.335 e. The Bertz CT molecular complexity index is 687. The molecule has 0 radical (unpaired) electrons. The van der Waals surface area contributed by atoms with Crippen molar-refractivity contribution in [3.63, 3.8) is 0 Å². The van der Waals surface area contributed by atoms with Crippen LogP contribution in [0.3, 0.4) is 0 Å². The predicted molar refractivity (Wildman–Crippen MR) is 72.0 cm³/mol. The Hall–Kier alpha value is -3.16. The Labute approximate surface area is 113 Å². The van der Waals surface area contributed by atoms with Gasteiger partial charge < -0.3 is 16.2 Å². The van der Waals surface area contributed by atoms with Gasteiger partial charge in [0.25, 0.3) is 0 Å². The van der Waals surface area contributed by atoms with Crippen LogP contribution in [0.25, 0.3) is 0 Å². The number of aromatic nitrogens is 1. The van der Waals surface area contributed by atoms with Crippen molar-refractivity contribution < 1.29 is 14.8 Å². The molecule has 0 aliphatic carbocycles. The molecule has 20 heavy (non-hydrogen) atoms. The highest BCUT2D eigenvalue weighted by Crippen LogP contribution is 2.23. The van der Waals surface area contributed by atoms with Crippen molar-refractivity contribution in [1.29, 1.82) is 0 Å². The molecule has 0 aliphatic heterocycles. The van der Waals surface area contributed by atoms with Crippen LogP contribution in [-0.4, -0.2) is 21.0 Å². The second kappa shape index (κ2) is 5.22. The fourth-order valence-corrected chi connectivity index (χ4v) is 1.57. The first-order valence-corrected chi connectivity index (χ1v) is 5.48. The van der Waals surface area contributed by atoms with Gasteiger partial charge in [-0.25, -0.2) is 9.78 Å². The van der Waals surface area contributed by atoms with Crippen molar-refractivity contribution in [3.05, 3.63) is 52.1 Å². The SMILES string of the molecule is Nc1nc(Nc2cccc(C(=O)O)c2)ccc1[N+](=O)[O-]. The molecule has 0 fully saturated rings. The maximum absolute atomic E-state index is 10.8. The molecule has 2 rings (SSSR count). The van der Waals surface area contributed by atoms with Crippen LogP contribution in [0.4, 0.5) is 23.0 Å². The molecule has 8 heteroatoms. The summed E-state index contributed by atoms with van der Waals surface area (Å²) in [6.07, 6.45) is 0. The molecule has 8 nitrogen and oxygen atoms in total. The van der Waals surface area contributed by atoms with Gasteiger partial charge in [-0.2, -0.15) is 0 Å². The van der Waals surface area contributed by atoms with Gasteiger partial charge >= 0.3 is 11.7 Å². The van der Waals surface area contributed by atoms with E-state index in [0.29, 0.717) is 5.69 Å². The molecule has 2 aromatic rings. The van der Waals surface area contributed by atoms with Crippen LogP contribution < -0.4 is 11.1 Å². The van der Waals surface area contributed by atoms with E-state index in [1.807, 2.05) is 0 Å². The first kappa shape index (κ1) is 13.3. The zero-order valence-electron chi connectivity index (χ0n) is 10.1. The van der Waals surface area contributed by atoms with Crippen LogP contribution in [0.1, 0.15) is 10.4 Å². The normalized spacial score (nSPS) is 10.0. The number of nitro groups is 1. The molecule has 1 aromatic carbocycles. The monoisotopic (exact) mass is 274 g/mol. The summed E-state index contributed by atoms with van der Waals surface area (Å²) in [6.45, 7) is 0. The number of benzene rings is 1. The lowest BCUT2D eigenvalue weighted by Gasteiger charge is -2.07. The van der Waals surface area contributed by atoms with Gasteiger partial charge in [-0.05, 0) is 24.3 Å². The minimum Gasteiger partial charge on any atom is -0.478 e. The molecule has 1 heterocycles. The van der Waals surface area contributed by atoms with E-state index in [2.05, 4.69) is 10.3 Å². The van der Waals surface area contributed by atoms with E-state index in [1.54, 1.807) is 12.1 Å². The molecule has 0 aliphatic rings. The number of anilines is 3. The summed E-state index contributed by atoms with van der Waals surface area (Å²) in [5, 5.41) is 22.3. The highest BCUT2D eigenvalue weighted by molar-refractivity contribution is 5.89. The molecular formula is C12H10N4O4. The van der Waals surface area contributed by atoms with Crippen molar-refractivity contribution in [2.24, 2.45) is 0 Å². The zero-order chi connectivity index (χ0) is 14.7. The number of pyridine rings is 1. The van der Waals surface area contributed by atoms with Crippen LogP contribution in [0.5, 0.6) is 0 Å². The van der Waals surface area contributed by atoms with Crippen molar-refractivity contribution in [3.8, 4) is 0 Å². The van der Waals surface area contributed by atoms with Gasteiger partial charge in [-0.1, -0.05) is 6.07 Å². The van der Waals surface area contributed by atoms with Crippen LogP contribution >= 0.6 is 0 Å². The largest absolute Gasteiger partial charge is 0.478 e. The zero-order valence-corrected chi connectivity index (χ0v) is 10.1. The van der Waals surface area contributed by atoms with Crippen molar-refractivity contribution in [2.75, 3.05) is 11.1 Å². The Morgan fingerprint density at radius 2 is 2.10 bits per heavy atom. The first-order chi connectivity index (χ1) is 9.47. The van der Waals surface area contributed by atoms with E-state index in [1.165, 1.54) is 24.3 Å². The summed E-state index contributed by atoms with van der Waals surface area (Å²) in [7, 11) is 0. The van der Waals surface area contributed by atoms with E-state index in [-0.39, 0.29) is 22.9 Å². The van der Waals surface area contributed by atoms with Gasteiger partial charge in [0.1, 0.15) is 5.82 Å². The van der Waals surface area contributed by atoms with Crippen molar-refractivity contribution >= 4 is 29.0 Å². The van der Waals surface area contributed by atoms with Crippen LogP contribution in [0.2, 0.25) is 0 Å². The number of rotatable bonds is 4. The molecule has 0 amide bonds. The number of carboxylic acid groups (broad SMARTS) is 1. The molecule has 1 aromatic heterocycles. The molecule has 0 saturated carbocycles. The fourth-order valence-electron chi connectivity index (χ4n) is 1.57. The van der Waals surface area contributed by atoms with Gasteiger partial charge in [-0.3, -0.25) is 10.1 Å². The third kappa shape index (κ3) is 2.80. The number of hydrogen-bond donors (Lipinski definition) is 3. The highest BCUT2D eigenvalue weighted by atomic mass is 16.6. The number of aromatic carboxylic acids is 1. The minimum atomic E-state index is -1.05. The topological polar surface area (TPSA) is 131 Å². The number of carboxylic acids is 1. The maximum atomic E-state index is 10.8. The average molecular weight is 274 g/mol. The number of hydrogen-bond acceptors (Lipinski definition) is 6. The van der Waals surface area contributed by atoms with Crippen LogP contribution in [-0.2, 0) is 0 Å². The standard InChI is InChI=1S/C12H10N4O4/c13-11-9(16(19)20)4-5-10(15-11)14-8-3-1-2-7(6-8)12(17)18/h1-6H,(H,17,18)(H3,13,14,15). The van der Waals surface area contributed by atoms with Gasteiger partial charge in [0.2, 0.25) is 5.82 Å². The van der Waals surface area contributed by atoms with E-state index >= 15 is 0 Å². The number of nitrogens with one attached hydrogen (secondary N) is 1. The molecule has 0 atom stereocenters. The van der Waals surface area contributed by atoms with E-state index in [4.69, 9.17) is 10.8 Å². The Balaban J connectivity index is 2.26. The van der Waals surface area contributed by atoms with Gasteiger partial charge in [0.05, 0.1) is 10.5 Å². The molecule has 0 unspecified atom stereocenters. The molecule has 0 saturated heterocycles. The van der Waals surface area contributed by atoms with Gasteiger partial charge in [-0.15, -0.1) is 0 Å². The fraction of sp³-hybridized carbons (Fsp3) is 0. The number of nitrogens with zero attached hydrogens (tertiary/aromatic N) is 2. The molecule has 0 spiro atoms. The summed E-state index contributed by atoms with van der Waals surface area (Å²) >= 11 is 0. The Morgan fingerprint density at radius 3 is 2.70 bits per heavy atom. The molecule has 102 valence electrons. The third-order valence-corrected chi connectivity index (χ3v) is 2.48. The Kier molecular flexibility index (Phi) is 3.47. The predicted octanol–water partition coefficient (Wildman–Crippen LogP) is 2.01. The Morgan fingerprint density at radius 1 is 1.35 bits per heavy atom. The summed E-state index contributed by atoms with van der Waals surface area (Å²) in [5.74, 6) is -0.977. The van der Waals surface area contributed by atoms with Gasteiger partial charge in [0.15, 0.2) is 0 Å². The van der Waals surface area contributed by atoms with Crippen LogP contribution in [0.15, 0.2) is 36.4 Å². The minimum absolute atomic E-state index is 0.116. The van der Waals surface area contributed by atoms with E-state index < -0.39 is 10.9 Å².